The third-order valence-corrected chi connectivity index (χ3v) is 2.80. The van der Waals surface area contributed by atoms with Gasteiger partial charge in [0.1, 0.15) is 0 Å². The van der Waals surface area contributed by atoms with Gasteiger partial charge >= 0.3 is 0 Å². The first-order chi connectivity index (χ1) is 6.72. The molecule has 0 N–H and O–H groups in total. The van der Waals surface area contributed by atoms with Crippen molar-refractivity contribution in [1.82, 2.24) is 0 Å². The lowest BCUT2D eigenvalue weighted by Gasteiger charge is -2.25. The van der Waals surface area contributed by atoms with Gasteiger partial charge in [0.05, 0.1) is 0 Å². The molecule has 73 valence electrons. The van der Waals surface area contributed by atoms with Gasteiger partial charge in [-0.1, -0.05) is 13.0 Å². The molecule has 0 atom stereocenters. The molecule has 0 spiro atoms. The molecule has 1 aliphatic rings. The quantitative estimate of drug-likeness (QED) is 0.659. The summed E-state index contributed by atoms with van der Waals surface area (Å²) in [6.07, 6.45) is 2.52. The Balaban J connectivity index is 2.43. The van der Waals surface area contributed by atoms with Crippen molar-refractivity contribution in [3.05, 3.63) is 29.3 Å². The van der Waals surface area contributed by atoms with E-state index >= 15 is 0 Å². The van der Waals surface area contributed by atoms with Gasteiger partial charge in [-0.3, -0.25) is 4.79 Å². The zero-order chi connectivity index (χ0) is 10.1. The lowest BCUT2D eigenvalue weighted by Crippen LogP contribution is -2.31. The van der Waals surface area contributed by atoms with Crippen LogP contribution in [0, 0.1) is 6.07 Å². The molecule has 1 aliphatic heterocycles. The second kappa shape index (κ2) is 3.45. The average Bonchev–Trinajstić information content (AvgIpc) is 2.23. The normalized spacial score (nSPS) is 15.6. The van der Waals surface area contributed by atoms with Crippen LogP contribution in [-0.2, 0) is 17.6 Å². The zero-order valence-corrected chi connectivity index (χ0v) is 8.63. The standard InChI is InChI=1S/C12H14NO/c1-3-9-4-6-11-10(8-9)5-7-12(14)13(11)2/h6,8H,3,5,7H2,1-2H3. The van der Waals surface area contributed by atoms with Crippen molar-refractivity contribution in [2.24, 2.45) is 0 Å². The second-order valence-corrected chi connectivity index (χ2v) is 3.68. The number of aryl methyl sites for hydroxylation is 2. The van der Waals surface area contributed by atoms with Crippen molar-refractivity contribution in [3.8, 4) is 0 Å². The van der Waals surface area contributed by atoms with E-state index in [9.17, 15) is 4.79 Å². The van der Waals surface area contributed by atoms with E-state index in [1.54, 1.807) is 4.90 Å². The average molecular weight is 188 g/mol. The highest BCUT2D eigenvalue weighted by Gasteiger charge is 2.20. The van der Waals surface area contributed by atoms with Gasteiger partial charge in [-0.05, 0) is 36.1 Å². The molecule has 2 rings (SSSR count). The molecule has 0 aliphatic carbocycles. The molecule has 0 saturated heterocycles. The van der Waals surface area contributed by atoms with Gasteiger partial charge in [0, 0.05) is 19.2 Å². The SMILES string of the molecule is CCc1[c]cc2c(c1)CCC(=O)N2C. The Kier molecular flexibility index (Phi) is 2.28. The minimum absolute atomic E-state index is 0.204. The van der Waals surface area contributed by atoms with E-state index in [4.69, 9.17) is 0 Å². The van der Waals surface area contributed by atoms with Crippen molar-refractivity contribution >= 4 is 11.6 Å². The molecule has 1 aromatic carbocycles. The number of rotatable bonds is 1. The van der Waals surface area contributed by atoms with E-state index in [0.29, 0.717) is 6.42 Å². The number of hydrogen-bond donors (Lipinski definition) is 0. The van der Waals surface area contributed by atoms with Crippen LogP contribution in [0.15, 0.2) is 12.1 Å². The fourth-order valence-corrected chi connectivity index (χ4v) is 1.84. The molecule has 2 heteroatoms. The van der Waals surface area contributed by atoms with Crippen LogP contribution in [0.2, 0.25) is 0 Å². The Morgan fingerprint density at radius 1 is 1.50 bits per heavy atom. The van der Waals surface area contributed by atoms with Gasteiger partial charge in [0.2, 0.25) is 5.91 Å². The smallest absolute Gasteiger partial charge is 0.227 e. The van der Waals surface area contributed by atoms with Gasteiger partial charge in [-0.15, -0.1) is 0 Å². The maximum Gasteiger partial charge on any atom is 0.227 e. The predicted octanol–water partition coefficient (Wildman–Crippen LogP) is 1.96. The molecule has 2 nitrogen and oxygen atoms in total. The molecule has 0 unspecified atom stereocenters. The van der Waals surface area contributed by atoms with E-state index in [1.165, 1.54) is 11.1 Å². The molecule has 1 heterocycles. The van der Waals surface area contributed by atoms with Crippen molar-refractivity contribution in [2.45, 2.75) is 26.2 Å². The predicted molar refractivity (Wildman–Crippen MR) is 56.4 cm³/mol. The summed E-state index contributed by atoms with van der Waals surface area (Å²) < 4.78 is 0. The van der Waals surface area contributed by atoms with Crippen LogP contribution in [0.5, 0.6) is 0 Å². The van der Waals surface area contributed by atoms with Crippen LogP contribution < -0.4 is 4.90 Å². The van der Waals surface area contributed by atoms with Crippen LogP contribution in [-0.4, -0.2) is 13.0 Å². The van der Waals surface area contributed by atoms with E-state index in [2.05, 4.69) is 19.1 Å². The highest BCUT2D eigenvalue weighted by Crippen LogP contribution is 2.27. The molecule has 0 saturated carbocycles. The Labute approximate surface area is 84.5 Å². The summed E-state index contributed by atoms with van der Waals surface area (Å²) >= 11 is 0. The largest absolute Gasteiger partial charge is 0.315 e. The summed E-state index contributed by atoms with van der Waals surface area (Å²) in [4.78, 5) is 13.2. The van der Waals surface area contributed by atoms with Crippen LogP contribution in [0.1, 0.15) is 24.5 Å². The van der Waals surface area contributed by atoms with Gasteiger partial charge in [-0.2, -0.15) is 0 Å². The zero-order valence-electron chi connectivity index (χ0n) is 8.63. The van der Waals surface area contributed by atoms with E-state index in [1.807, 2.05) is 13.1 Å². The van der Waals surface area contributed by atoms with Crippen LogP contribution >= 0.6 is 0 Å². The summed E-state index contributed by atoms with van der Waals surface area (Å²) in [5.41, 5.74) is 3.53. The summed E-state index contributed by atoms with van der Waals surface area (Å²) in [6, 6.07) is 7.30. The van der Waals surface area contributed by atoms with Crippen molar-refractivity contribution in [3.63, 3.8) is 0 Å². The fraction of sp³-hybridized carbons (Fsp3) is 0.417. The third-order valence-electron chi connectivity index (χ3n) is 2.80. The molecule has 1 radical (unpaired) electrons. The highest BCUT2D eigenvalue weighted by molar-refractivity contribution is 5.95. The summed E-state index contributed by atoms with van der Waals surface area (Å²) in [6.45, 7) is 2.12. The lowest BCUT2D eigenvalue weighted by atomic mass is 9.98. The van der Waals surface area contributed by atoms with Crippen LogP contribution in [0.25, 0.3) is 0 Å². The Morgan fingerprint density at radius 2 is 2.29 bits per heavy atom. The number of amides is 1. The van der Waals surface area contributed by atoms with E-state index in [0.717, 1.165) is 18.5 Å². The van der Waals surface area contributed by atoms with Gasteiger partial charge < -0.3 is 4.90 Å². The topological polar surface area (TPSA) is 20.3 Å². The molecular weight excluding hydrogens is 174 g/mol. The van der Waals surface area contributed by atoms with Crippen LogP contribution in [0.3, 0.4) is 0 Å². The number of carbonyl (C=O) groups is 1. The summed E-state index contributed by atoms with van der Waals surface area (Å²) in [5.74, 6) is 0.204. The summed E-state index contributed by atoms with van der Waals surface area (Å²) in [7, 11) is 1.83. The summed E-state index contributed by atoms with van der Waals surface area (Å²) in [5, 5.41) is 0. The number of benzene rings is 1. The number of hydrogen-bond acceptors (Lipinski definition) is 1. The van der Waals surface area contributed by atoms with Crippen molar-refractivity contribution in [2.75, 3.05) is 11.9 Å². The Morgan fingerprint density at radius 3 is 3.00 bits per heavy atom. The molecule has 0 aromatic heterocycles. The molecule has 0 bridgehead atoms. The maximum absolute atomic E-state index is 11.4. The monoisotopic (exact) mass is 188 g/mol. The van der Waals surface area contributed by atoms with E-state index < -0.39 is 0 Å². The number of carbonyl (C=O) groups excluding carboxylic acids is 1. The fourth-order valence-electron chi connectivity index (χ4n) is 1.84. The first-order valence-electron chi connectivity index (χ1n) is 5.02. The lowest BCUT2D eigenvalue weighted by molar-refractivity contribution is -0.118. The van der Waals surface area contributed by atoms with Crippen LogP contribution in [0.4, 0.5) is 5.69 Å². The van der Waals surface area contributed by atoms with Gasteiger partial charge in [0.15, 0.2) is 0 Å². The molecule has 1 amide bonds. The Bertz CT molecular complexity index is 371. The second-order valence-electron chi connectivity index (χ2n) is 3.68. The molecule has 1 aromatic rings. The minimum Gasteiger partial charge on any atom is -0.315 e. The molecular formula is C12H14NO. The van der Waals surface area contributed by atoms with E-state index in [-0.39, 0.29) is 5.91 Å². The number of fused-ring (bicyclic) bond motifs is 1. The number of anilines is 1. The number of nitrogens with zero attached hydrogens (tertiary/aromatic N) is 1. The third kappa shape index (κ3) is 1.41. The van der Waals surface area contributed by atoms with Gasteiger partial charge in [-0.25, -0.2) is 0 Å². The highest BCUT2D eigenvalue weighted by atomic mass is 16.2. The Hall–Kier alpha value is -1.31. The maximum atomic E-state index is 11.4. The first-order valence-corrected chi connectivity index (χ1v) is 5.02. The minimum atomic E-state index is 0.204. The van der Waals surface area contributed by atoms with Crippen molar-refractivity contribution in [1.29, 1.82) is 0 Å². The van der Waals surface area contributed by atoms with Gasteiger partial charge in [0.25, 0.3) is 0 Å². The molecule has 14 heavy (non-hydrogen) atoms. The first kappa shape index (κ1) is 9.25. The molecule has 0 fully saturated rings. The van der Waals surface area contributed by atoms with Crippen molar-refractivity contribution < 1.29 is 4.79 Å².